The van der Waals surface area contributed by atoms with E-state index in [0.717, 1.165) is 19.1 Å². The molecule has 0 aliphatic heterocycles. The fourth-order valence-electron chi connectivity index (χ4n) is 1.90. The summed E-state index contributed by atoms with van der Waals surface area (Å²) in [6.07, 6.45) is 0. The van der Waals surface area contributed by atoms with Crippen LogP contribution >= 0.6 is 38.5 Å². The molecular formula is C14H8BrIN2O. The van der Waals surface area contributed by atoms with Gasteiger partial charge in [0.25, 0.3) is 5.56 Å². The van der Waals surface area contributed by atoms with Gasteiger partial charge in [0.1, 0.15) is 5.82 Å². The Morgan fingerprint density at radius 3 is 2.63 bits per heavy atom. The summed E-state index contributed by atoms with van der Waals surface area (Å²) < 4.78 is 1.83. The Bertz CT molecular complexity index is 815. The molecule has 3 rings (SSSR count). The van der Waals surface area contributed by atoms with Crippen LogP contribution in [0.3, 0.4) is 0 Å². The topological polar surface area (TPSA) is 45.8 Å². The van der Waals surface area contributed by atoms with E-state index >= 15 is 0 Å². The fraction of sp³-hybridized carbons (Fsp3) is 0. The lowest BCUT2D eigenvalue weighted by Crippen LogP contribution is -2.10. The number of benzene rings is 2. The molecule has 19 heavy (non-hydrogen) atoms. The van der Waals surface area contributed by atoms with Crippen molar-refractivity contribution in [3.63, 3.8) is 0 Å². The van der Waals surface area contributed by atoms with Crippen molar-refractivity contribution in [1.29, 1.82) is 0 Å². The lowest BCUT2D eigenvalue weighted by molar-refractivity contribution is 1.17. The average molecular weight is 427 g/mol. The van der Waals surface area contributed by atoms with Gasteiger partial charge in [0.15, 0.2) is 0 Å². The summed E-state index contributed by atoms with van der Waals surface area (Å²) in [6, 6.07) is 13.4. The van der Waals surface area contributed by atoms with Gasteiger partial charge in [-0.05, 0) is 34.7 Å². The van der Waals surface area contributed by atoms with Crippen molar-refractivity contribution in [2.24, 2.45) is 0 Å². The number of H-pyrrole nitrogens is 1. The summed E-state index contributed by atoms with van der Waals surface area (Å²) in [5.74, 6) is 0.596. The summed E-state index contributed by atoms with van der Waals surface area (Å²) >= 11 is 5.59. The third kappa shape index (κ3) is 2.44. The molecule has 1 N–H and O–H groups in total. The van der Waals surface area contributed by atoms with E-state index in [1.807, 2.05) is 36.4 Å². The van der Waals surface area contributed by atoms with Crippen LogP contribution in [0.25, 0.3) is 22.3 Å². The molecule has 2 aromatic carbocycles. The standard InChI is InChI=1S/C14H8BrIN2O/c15-9-6-10-12(11(16)7-9)17-13(18-14(10)19)8-4-2-1-3-5-8/h1-7H,(H,17,18,19). The normalized spacial score (nSPS) is 10.8. The number of hydrogen-bond donors (Lipinski definition) is 1. The third-order valence-corrected chi connectivity index (χ3v) is 4.06. The van der Waals surface area contributed by atoms with E-state index in [-0.39, 0.29) is 5.56 Å². The molecule has 0 fully saturated rings. The highest BCUT2D eigenvalue weighted by Gasteiger charge is 2.09. The van der Waals surface area contributed by atoms with Crippen molar-refractivity contribution in [3.8, 4) is 11.4 Å². The van der Waals surface area contributed by atoms with Crippen molar-refractivity contribution in [2.45, 2.75) is 0 Å². The molecule has 0 saturated carbocycles. The number of nitrogens with one attached hydrogen (secondary N) is 1. The van der Waals surface area contributed by atoms with E-state index in [2.05, 4.69) is 48.5 Å². The molecule has 0 aliphatic carbocycles. The molecule has 0 spiro atoms. The van der Waals surface area contributed by atoms with E-state index in [4.69, 9.17) is 0 Å². The molecule has 0 saturated heterocycles. The largest absolute Gasteiger partial charge is 0.306 e. The van der Waals surface area contributed by atoms with Gasteiger partial charge in [-0.15, -0.1) is 0 Å². The molecule has 0 bridgehead atoms. The first kappa shape index (κ1) is 12.8. The Morgan fingerprint density at radius 1 is 1.16 bits per heavy atom. The number of aromatic amines is 1. The van der Waals surface area contributed by atoms with E-state index < -0.39 is 0 Å². The third-order valence-electron chi connectivity index (χ3n) is 2.78. The lowest BCUT2D eigenvalue weighted by atomic mass is 10.2. The number of rotatable bonds is 1. The van der Waals surface area contributed by atoms with Crippen molar-refractivity contribution in [3.05, 3.63) is 60.9 Å². The lowest BCUT2D eigenvalue weighted by Gasteiger charge is -2.05. The maximum atomic E-state index is 12.2. The predicted molar refractivity (Wildman–Crippen MR) is 88.2 cm³/mol. The molecule has 5 heteroatoms. The second-order valence-electron chi connectivity index (χ2n) is 4.06. The minimum atomic E-state index is -0.122. The Kier molecular flexibility index (Phi) is 3.40. The molecular weight excluding hydrogens is 419 g/mol. The van der Waals surface area contributed by atoms with E-state index in [1.54, 1.807) is 6.07 Å². The van der Waals surface area contributed by atoms with E-state index in [1.165, 1.54) is 0 Å². The summed E-state index contributed by atoms with van der Waals surface area (Å²) in [4.78, 5) is 19.6. The Balaban J connectivity index is 2.34. The Labute approximate surface area is 131 Å². The smallest absolute Gasteiger partial charge is 0.259 e. The quantitative estimate of drug-likeness (QED) is 0.598. The van der Waals surface area contributed by atoms with Crippen LogP contribution in [0.15, 0.2) is 51.7 Å². The minimum Gasteiger partial charge on any atom is -0.306 e. The first-order valence-corrected chi connectivity index (χ1v) is 7.47. The molecule has 0 atom stereocenters. The van der Waals surface area contributed by atoms with Crippen LogP contribution in [0.1, 0.15) is 0 Å². The highest BCUT2D eigenvalue weighted by atomic mass is 127. The second kappa shape index (κ2) is 5.05. The summed E-state index contributed by atoms with van der Waals surface area (Å²) in [5, 5.41) is 0.596. The zero-order valence-electron chi connectivity index (χ0n) is 9.65. The number of aromatic nitrogens is 2. The fourth-order valence-corrected chi connectivity index (χ4v) is 3.53. The van der Waals surface area contributed by atoms with Gasteiger partial charge in [0, 0.05) is 13.6 Å². The molecule has 1 heterocycles. The first-order valence-electron chi connectivity index (χ1n) is 5.59. The molecule has 0 unspecified atom stereocenters. The molecule has 0 amide bonds. The predicted octanol–water partition coefficient (Wildman–Crippen LogP) is 3.96. The van der Waals surface area contributed by atoms with E-state index in [9.17, 15) is 4.79 Å². The van der Waals surface area contributed by atoms with Gasteiger partial charge in [-0.1, -0.05) is 46.3 Å². The van der Waals surface area contributed by atoms with E-state index in [0.29, 0.717) is 11.2 Å². The van der Waals surface area contributed by atoms with Crippen LogP contribution in [0.2, 0.25) is 0 Å². The molecule has 1 aromatic heterocycles. The van der Waals surface area contributed by atoms with Crippen molar-refractivity contribution >= 4 is 49.4 Å². The van der Waals surface area contributed by atoms with Crippen molar-refractivity contribution < 1.29 is 0 Å². The van der Waals surface area contributed by atoms with Crippen LogP contribution in [0, 0.1) is 3.57 Å². The molecule has 3 nitrogen and oxygen atoms in total. The van der Waals surface area contributed by atoms with Crippen molar-refractivity contribution in [2.75, 3.05) is 0 Å². The minimum absolute atomic E-state index is 0.122. The monoisotopic (exact) mass is 426 g/mol. The number of halogens is 2. The average Bonchev–Trinajstić information content (AvgIpc) is 2.41. The Morgan fingerprint density at radius 2 is 1.89 bits per heavy atom. The Hall–Kier alpha value is -1.21. The van der Waals surface area contributed by atoms with Gasteiger partial charge >= 0.3 is 0 Å². The maximum Gasteiger partial charge on any atom is 0.259 e. The zero-order chi connectivity index (χ0) is 13.4. The summed E-state index contributed by atoms with van der Waals surface area (Å²) in [7, 11) is 0. The second-order valence-corrected chi connectivity index (χ2v) is 6.14. The highest BCUT2D eigenvalue weighted by Crippen LogP contribution is 2.23. The summed E-state index contributed by atoms with van der Waals surface area (Å²) in [5.41, 5.74) is 1.51. The molecule has 3 aromatic rings. The number of fused-ring (bicyclic) bond motifs is 1. The van der Waals surface area contributed by atoms with Crippen LogP contribution in [0.5, 0.6) is 0 Å². The van der Waals surface area contributed by atoms with Gasteiger partial charge in [0.2, 0.25) is 0 Å². The van der Waals surface area contributed by atoms with Gasteiger partial charge in [-0.3, -0.25) is 4.79 Å². The van der Waals surface area contributed by atoms with Gasteiger partial charge in [0.05, 0.1) is 10.9 Å². The van der Waals surface area contributed by atoms with Gasteiger partial charge in [-0.25, -0.2) is 4.98 Å². The van der Waals surface area contributed by atoms with Crippen LogP contribution in [0.4, 0.5) is 0 Å². The number of hydrogen-bond acceptors (Lipinski definition) is 2. The first-order chi connectivity index (χ1) is 9.15. The van der Waals surface area contributed by atoms with Crippen LogP contribution in [-0.4, -0.2) is 9.97 Å². The highest BCUT2D eigenvalue weighted by molar-refractivity contribution is 14.1. The van der Waals surface area contributed by atoms with Gasteiger partial charge in [-0.2, -0.15) is 0 Å². The molecule has 0 aliphatic rings. The SMILES string of the molecule is O=c1[nH]c(-c2ccccc2)nc2c(I)cc(Br)cc12. The maximum absolute atomic E-state index is 12.2. The number of nitrogens with zero attached hydrogens (tertiary/aromatic N) is 1. The van der Waals surface area contributed by atoms with Crippen molar-refractivity contribution in [1.82, 2.24) is 9.97 Å². The zero-order valence-corrected chi connectivity index (χ0v) is 13.4. The van der Waals surface area contributed by atoms with Gasteiger partial charge < -0.3 is 4.98 Å². The van der Waals surface area contributed by atoms with Crippen LogP contribution < -0.4 is 5.56 Å². The molecule has 0 radical (unpaired) electrons. The molecule has 94 valence electrons. The van der Waals surface area contributed by atoms with Crippen LogP contribution in [-0.2, 0) is 0 Å². The summed E-state index contributed by atoms with van der Waals surface area (Å²) in [6.45, 7) is 0.